The fraction of sp³-hybridized carbons (Fsp3) is 0.133. The standard InChI is InChI=1S/C15H13ClFN3O/c1-2-11-8(6-7-21-11)14-13(15(18)20-19-14)12-9(16)4-3-5-10(12)17/h3-7H,2H2,1H3,(H3,18,19,20). The molecule has 0 amide bonds. The van der Waals surface area contributed by atoms with Crippen LogP contribution in [0.4, 0.5) is 10.2 Å². The Kier molecular flexibility index (Phi) is 3.43. The number of nitrogens with one attached hydrogen (secondary N) is 1. The summed E-state index contributed by atoms with van der Waals surface area (Å²) < 4.78 is 19.6. The van der Waals surface area contributed by atoms with Crippen LogP contribution in [-0.4, -0.2) is 10.2 Å². The van der Waals surface area contributed by atoms with Crippen molar-refractivity contribution < 1.29 is 8.81 Å². The van der Waals surface area contributed by atoms with Gasteiger partial charge in [0.25, 0.3) is 0 Å². The monoisotopic (exact) mass is 305 g/mol. The number of nitrogen functional groups attached to an aromatic ring is 1. The van der Waals surface area contributed by atoms with Crippen molar-refractivity contribution in [1.82, 2.24) is 10.2 Å². The molecule has 108 valence electrons. The minimum atomic E-state index is -0.446. The van der Waals surface area contributed by atoms with Gasteiger partial charge in [-0.3, -0.25) is 5.10 Å². The van der Waals surface area contributed by atoms with Crippen molar-refractivity contribution in [2.45, 2.75) is 13.3 Å². The molecule has 0 aliphatic carbocycles. The highest BCUT2D eigenvalue weighted by atomic mass is 35.5. The number of nitrogens with two attached hydrogens (primary N) is 1. The lowest BCUT2D eigenvalue weighted by atomic mass is 10.00. The smallest absolute Gasteiger partial charge is 0.153 e. The molecule has 21 heavy (non-hydrogen) atoms. The molecule has 0 aliphatic heterocycles. The number of H-pyrrole nitrogens is 1. The maximum Gasteiger partial charge on any atom is 0.153 e. The zero-order valence-electron chi connectivity index (χ0n) is 11.3. The molecular weight excluding hydrogens is 293 g/mol. The molecule has 0 unspecified atom stereocenters. The van der Waals surface area contributed by atoms with E-state index in [4.69, 9.17) is 21.8 Å². The van der Waals surface area contributed by atoms with E-state index in [9.17, 15) is 4.39 Å². The van der Waals surface area contributed by atoms with Crippen molar-refractivity contribution in [3.05, 3.63) is 47.1 Å². The first-order valence-corrected chi connectivity index (χ1v) is 6.86. The molecule has 3 N–H and O–H groups in total. The minimum Gasteiger partial charge on any atom is -0.469 e. The number of halogens is 2. The van der Waals surface area contributed by atoms with E-state index in [2.05, 4.69) is 10.2 Å². The molecule has 4 nitrogen and oxygen atoms in total. The molecule has 2 heterocycles. The fourth-order valence-electron chi connectivity index (χ4n) is 2.38. The Balaban J connectivity index is 2.28. The van der Waals surface area contributed by atoms with Gasteiger partial charge in [-0.1, -0.05) is 24.6 Å². The van der Waals surface area contributed by atoms with Crippen LogP contribution in [0.25, 0.3) is 22.4 Å². The van der Waals surface area contributed by atoms with Gasteiger partial charge in [0, 0.05) is 17.5 Å². The molecule has 0 saturated heterocycles. The number of nitrogens with zero attached hydrogens (tertiary/aromatic N) is 1. The third kappa shape index (κ3) is 2.19. The minimum absolute atomic E-state index is 0.195. The number of benzene rings is 1. The molecule has 0 radical (unpaired) electrons. The number of aromatic nitrogens is 2. The van der Waals surface area contributed by atoms with Gasteiger partial charge in [-0.2, -0.15) is 5.10 Å². The fourth-order valence-corrected chi connectivity index (χ4v) is 2.64. The van der Waals surface area contributed by atoms with Crippen LogP contribution in [0.5, 0.6) is 0 Å². The van der Waals surface area contributed by atoms with Gasteiger partial charge in [-0.15, -0.1) is 0 Å². The molecule has 0 fully saturated rings. The number of furan rings is 1. The molecule has 1 aromatic carbocycles. The summed E-state index contributed by atoms with van der Waals surface area (Å²) in [7, 11) is 0. The number of rotatable bonds is 3. The number of aromatic amines is 1. The Labute approximate surface area is 125 Å². The summed E-state index contributed by atoms with van der Waals surface area (Å²) in [6, 6.07) is 6.30. The zero-order chi connectivity index (χ0) is 15.0. The highest BCUT2D eigenvalue weighted by Crippen LogP contribution is 2.41. The van der Waals surface area contributed by atoms with Gasteiger partial charge in [-0.25, -0.2) is 4.39 Å². The van der Waals surface area contributed by atoms with E-state index in [1.54, 1.807) is 24.5 Å². The number of hydrogen-bond donors (Lipinski definition) is 2. The van der Waals surface area contributed by atoms with Crippen LogP contribution in [0.2, 0.25) is 5.02 Å². The lowest BCUT2D eigenvalue weighted by Gasteiger charge is -2.08. The number of hydrogen-bond acceptors (Lipinski definition) is 3. The molecule has 6 heteroatoms. The quantitative estimate of drug-likeness (QED) is 0.759. The molecule has 0 aliphatic rings. The third-order valence-electron chi connectivity index (χ3n) is 3.34. The highest BCUT2D eigenvalue weighted by molar-refractivity contribution is 6.33. The third-order valence-corrected chi connectivity index (χ3v) is 3.66. The predicted octanol–water partition coefficient (Wildman–Crippen LogP) is 4.27. The first kappa shape index (κ1) is 13.7. The number of anilines is 1. The Morgan fingerprint density at radius 3 is 2.86 bits per heavy atom. The summed E-state index contributed by atoms with van der Waals surface area (Å²) in [6.07, 6.45) is 2.28. The lowest BCUT2D eigenvalue weighted by Crippen LogP contribution is -1.93. The Bertz CT molecular complexity index is 774. The van der Waals surface area contributed by atoms with Crippen molar-refractivity contribution >= 4 is 17.4 Å². The molecule has 3 rings (SSSR count). The van der Waals surface area contributed by atoms with Crippen molar-refractivity contribution in [2.24, 2.45) is 0 Å². The van der Waals surface area contributed by atoms with E-state index < -0.39 is 5.82 Å². The predicted molar refractivity (Wildman–Crippen MR) is 80.5 cm³/mol. The van der Waals surface area contributed by atoms with Gasteiger partial charge in [-0.05, 0) is 18.2 Å². The summed E-state index contributed by atoms with van der Waals surface area (Å²) in [5.74, 6) is 0.519. The SMILES string of the molecule is CCc1occc1-c1[nH]nc(N)c1-c1c(F)cccc1Cl. The lowest BCUT2D eigenvalue weighted by molar-refractivity contribution is 0.517. The van der Waals surface area contributed by atoms with Gasteiger partial charge in [0.1, 0.15) is 11.6 Å². The highest BCUT2D eigenvalue weighted by Gasteiger charge is 2.22. The van der Waals surface area contributed by atoms with Crippen LogP contribution < -0.4 is 5.73 Å². The van der Waals surface area contributed by atoms with Crippen molar-refractivity contribution in [3.63, 3.8) is 0 Å². The second-order valence-corrected chi connectivity index (χ2v) is 4.97. The topological polar surface area (TPSA) is 67.8 Å². The molecule has 0 saturated carbocycles. The Morgan fingerprint density at radius 2 is 2.14 bits per heavy atom. The molecular formula is C15H13ClFN3O. The van der Waals surface area contributed by atoms with E-state index in [1.807, 2.05) is 6.92 Å². The van der Waals surface area contributed by atoms with E-state index in [1.165, 1.54) is 6.07 Å². The summed E-state index contributed by atoms with van der Waals surface area (Å²) in [5.41, 5.74) is 8.01. The van der Waals surface area contributed by atoms with Gasteiger partial charge >= 0.3 is 0 Å². The zero-order valence-corrected chi connectivity index (χ0v) is 12.0. The average molecular weight is 306 g/mol. The molecule has 3 aromatic rings. The summed E-state index contributed by atoms with van der Waals surface area (Å²) >= 11 is 6.14. The average Bonchev–Trinajstić information content (AvgIpc) is 3.06. The molecule has 0 atom stereocenters. The molecule has 0 bridgehead atoms. The van der Waals surface area contributed by atoms with Crippen LogP contribution in [0.3, 0.4) is 0 Å². The van der Waals surface area contributed by atoms with Crippen LogP contribution in [0.1, 0.15) is 12.7 Å². The van der Waals surface area contributed by atoms with Gasteiger partial charge < -0.3 is 10.2 Å². The summed E-state index contributed by atoms with van der Waals surface area (Å²) in [6.45, 7) is 1.97. The van der Waals surface area contributed by atoms with Gasteiger partial charge in [0.05, 0.1) is 22.5 Å². The first-order chi connectivity index (χ1) is 10.1. The van der Waals surface area contributed by atoms with Crippen LogP contribution in [-0.2, 0) is 6.42 Å². The van der Waals surface area contributed by atoms with Crippen molar-refractivity contribution in [2.75, 3.05) is 5.73 Å². The maximum absolute atomic E-state index is 14.2. The molecule has 0 spiro atoms. The van der Waals surface area contributed by atoms with E-state index in [0.717, 1.165) is 11.3 Å². The van der Waals surface area contributed by atoms with E-state index in [0.29, 0.717) is 17.7 Å². The first-order valence-electron chi connectivity index (χ1n) is 6.48. The summed E-state index contributed by atoms with van der Waals surface area (Å²) in [5, 5.41) is 7.12. The second-order valence-electron chi connectivity index (χ2n) is 4.57. The normalized spacial score (nSPS) is 11.0. The largest absolute Gasteiger partial charge is 0.469 e. The van der Waals surface area contributed by atoms with Crippen molar-refractivity contribution in [3.8, 4) is 22.4 Å². The second kappa shape index (κ2) is 5.26. The van der Waals surface area contributed by atoms with Gasteiger partial charge in [0.2, 0.25) is 0 Å². The van der Waals surface area contributed by atoms with Gasteiger partial charge in [0.15, 0.2) is 5.82 Å². The van der Waals surface area contributed by atoms with Crippen LogP contribution >= 0.6 is 11.6 Å². The van der Waals surface area contributed by atoms with Crippen LogP contribution in [0, 0.1) is 5.82 Å². The van der Waals surface area contributed by atoms with Crippen molar-refractivity contribution in [1.29, 1.82) is 0 Å². The Hall–Kier alpha value is -2.27. The number of aryl methyl sites for hydroxylation is 1. The Morgan fingerprint density at radius 1 is 1.33 bits per heavy atom. The summed E-state index contributed by atoms with van der Waals surface area (Å²) in [4.78, 5) is 0. The van der Waals surface area contributed by atoms with Crippen LogP contribution in [0.15, 0.2) is 34.9 Å². The molecule has 2 aromatic heterocycles. The maximum atomic E-state index is 14.2. The van der Waals surface area contributed by atoms with E-state index >= 15 is 0 Å². The van der Waals surface area contributed by atoms with E-state index in [-0.39, 0.29) is 16.4 Å².